The molecule has 4 aromatic rings. The van der Waals surface area contributed by atoms with E-state index in [1.807, 2.05) is 49.4 Å². The Morgan fingerprint density at radius 3 is 2.56 bits per heavy atom. The lowest BCUT2D eigenvalue weighted by Gasteiger charge is -2.21. The topological polar surface area (TPSA) is 67.2 Å². The minimum atomic E-state index is -0.274. The first kappa shape index (κ1) is 20.0. The van der Waals surface area contributed by atoms with E-state index in [1.54, 1.807) is 6.07 Å². The number of carbonyl (C=O) groups excluding carboxylic acids is 1. The number of para-hydroxylation sites is 2. The zero-order chi connectivity index (χ0) is 22.1. The Morgan fingerprint density at radius 2 is 1.69 bits per heavy atom. The van der Waals surface area contributed by atoms with Gasteiger partial charge < -0.3 is 10.2 Å². The molecule has 1 aliphatic heterocycles. The van der Waals surface area contributed by atoms with Crippen LogP contribution in [0.25, 0.3) is 10.8 Å². The minimum absolute atomic E-state index is 0.134. The van der Waals surface area contributed by atoms with E-state index in [-0.39, 0.29) is 18.0 Å². The molecular formula is C26H24N4O2. The summed E-state index contributed by atoms with van der Waals surface area (Å²) in [5, 5.41) is 8.72. The molecule has 0 unspecified atom stereocenters. The molecule has 6 nitrogen and oxygen atoms in total. The molecule has 0 atom stereocenters. The highest BCUT2D eigenvalue weighted by Gasteiger charge is 2.20. The van der Waals surface area contributed by atoms with Gasteiger partial charge in [-0.25, -0.2) is 4.68 Å². The molecule has 3 aromatic carbocycles. The molecule has 0 bridgehead atoms. The summed E-state index contributed by atoms with van der Waals surface area (Å²) in [6, 6.07) is 23.6. The van der Waals surface area contributed by atoms with Crippen molar-refractivity contribution in [1.29, 1.82) is 0 Å². The summed E-state index contributed by atoms with van der Waals surface area (Å²) in [6.45, 7) is 3.38. The number of anilines is 2. The molecule has 5 rings (SSSR count). The third-order valence-corrected chi connectivity index (χ3v) is 5.98. The highest BCUT2D eigenvalue weighted by molar-refractivity contribution is 5.91. The van der Waals surface area contributed by atoms with Gasteiger partial charge in [0.15, 0.2) is 0 Å². The molecule has 1 N–H and O–H groups in total. The van der Waals surface area contributed by atoms with Crippen LogP contribution in [0.2, 0.25) is 0 Å². The molecule has 0 radical (unpaired) electrons. The molecule has 2 heterocycles. The van der Waals surface area contributed by atoms with Crippen molar-refractivity contribution >= 4 is 28.1 Å². The van der Waals surface area contributed by atoms with Crippen molar-refractivity contribution in [3.8, 4) is 0 Å². The van der Waals surface area contributed by atoms with Crippen molar-refractivity contribution < 1.29 is 4.79 Å². The average molecular weight is 425 g/mol. The van der Waals surface area contributed by atoms with E-state index < -0.39 is 0 Å². The fourth-order valence-electron chi connectivity index (χ4n) is 4.39. The van der Waals surface area contributed by atoms with Crippen molar-refractivity contribution in [1.82, 2.24) is 9.78 Å². The molecule has 0 fully saturated rings. The standard InChI is InChI=1S/C26H24N4O2/c1-18-21-10-4-5-11-22(21)26(32)30(28-18)17-25(31)27-23-12-6-2-9-20(23)16-29-15-14-19-8-3-7-13-24(19)29/h2-13H,14-17H2,1H3,(H,27,31). The average Bonchev–Trinajstić information content (AvgIpc) is 3.21. The molecular weight excluding hydrogens is 400 g/mol. The van der Waals surface area contributed by atoms with E-state index >= 15 is 0 Å². The number of amides is 1. The van der Waals surface area contributed by atoms with Crippen molar-refractivity contribution in [2.75, 3.05) is 16.8 Å². The van der Waals surface area contributed by atoms with Gasteiger partial charge >= 0.3 is 0 Å². The molecule has 0 saturated heterocycles. The van der Waals surface area contributed by atoms with Crippen molar-refractivity contribution in [2.45, 2.75) is 26.4 Å². The summed E-state index contributed by atoms with van der Waals surface area (Å²) in [5.41, 5.74) is 4.85. The Morgan fingerprint density at radius 1 is 0.969 bits per heavy atom. The Bertz CT molecular complexity index is 1380. The van der Waals surface area contributed by atoms with E-state index in [0.29, 0.717) is 11.9 Å². The monoisotopic (exact) mass is 424 g/mol. The van der Waals surface area contributed by atoms with Gasteiger partial charge in [-0.15, -0.1) is 0 Å². The van der Waals surface area contributed by atoms with Gasteiger partial charge in [-0.2, -0.15) is 5.10 Å². The number of fused-ring (bicyclic) bond motifs is 2. The number of nitrogens with zero attached hydrogens (tertiary/aromatic N) is 3. The fraction of sp³-hybridized carbons (Fsp3) is 0.192. The van der Waals surface area contributed by atoms with Gasteiger partial charge in [0.2, 0.25) is 5.91 Å². The van der Waals surface area contributed by atoms with Crippen LogP contribution in [0.3, 0.4) is 0 Å². The Hall–Kier alpha value is -3.93. The van der Waals surface area contributed by atoms with Crippen LogP contribution < -0.4 is 15.8 Å². The second kappa shape index (κ2) is 8.30. The number of hydrogen-bond acceptors (Lipinski definition) is 4. The van der Waals surface area contributed by atoms with Gasteiger partial charge in [-0.05, 0) is 42.7 Å². The van der Waals surface area contributed by atoms with Gasteiger partial charge in [0.25, 0.3) is 5.56 Å². The maximum Gasteiger partial charge on any atom is 0.275 e. The van der Waals surface area contributed by atoms with Crippen LogP contribution in [0, 0.1) is 6.92 Å². The zero-order valence-corrected chi connectivity index (χ0v) is 17.9. The first-order valence-corrected chi connectivity index (χ1v) is 10.8. The normalized spacial score (nSPS) is 12.7. The lowest BCUT2D eigenvalue weighted by atomic mass is 10.1. The van der Waals surface area contributed by atoms with Gasteiger partial charge in [0, 0.05) is 29.9 Å². The summed E-state index contributed by atoms with van der Waals surface area (Å²) in [5.74, 6) is -0.274. The molecule has 6 heteroatoms. The zero-order valence-electron chi connectivity index (χ0n) is 17.9. The number of aromatic nitrogens is 2. The van der Waals surface area contributed by atoms with Crippen LogP contribution in [0.15, 0.2) is 77.6 Å². The summed E-state index contributed by atoms with van der Waals surface area (Å²) in [7, 11) is 0. The van der Waals surface area contributed by atoms with E-state index in [1.165, 1.54) is 15.9 Å². The molecule has 0 saturated carbocycles. The lowest BCUT2D eigenvalue weighted by Crippen LogP contribution is -2.30. The quantitative estimate of drug-likeness (QED) is 0.528. The number of carbonyl (C=O) groups is 1. The molecule has 0 spiro atoms. The molecule has 1 amide bonds. The first-order valence-electron chi connectivity index (χ1n) is 10.8. The van der Waals surface area contributed by atoms with Gasteiger partial charge in [0.1, 0.15) is 6.54 Å². The van der Waals surface area contributed by atoms with Crippen molar-refractivity contribution in [3.05, 3.63) is 100.0 Å². The molecule has 0 aliphatic carbocycles. The Balaban J connectivity index is 1.36. The number of rotatable bonds is 5. The predicted octanol–water partition coefficient (Wildman–Crippen LogP) is 3.91. The van der Waals surface area contributed by atoms with E-state index in [9.17, 15) is 9.59 Å². The fourth-order valence-corrected chi connectivity index (χ4v) is 4.39. The highest BCUT2D eigenvalue weighted by Crippen LogP contribution is 2.30. The molecule has 160 valence electrons. The first-order chi connectivity index (χ1) is 15.6. The largest absolute Gasteiger partial charge is 0.367 e. The summed E-state index contributed by atoms with van der Waals surface area (Å²) >= 11 is 0. The van der Waals surface area contributed by atoms with Gasteiger partial charge in [-0.1, -0.05) is 54.6 Å². The van der Waals surface area contributed by atoms with E-state index in [2.05, 4.69) is 39.6 Å². The van der Waals surface area contributed by atoms with Crippen molar-refractivity contribution in [2.24, 2.45) is 0 Å². The molecule has 1 aromatic heterocycles. The maximum absolute atomic E-state index is 12.8. The van der Waals surface area contributed by atoms with Crippen LogP contribution in [0.1, 0.15) is 16.8 Å². The van der Waals surface area contributed by atoms with Gasteiger partial charge in [-0.3, -0.25) is 9.59 Å². The summed E-state index contributed by atoms with van der Waals surface area (Å²) < 4.78 is 1.24. The Kier molecular flexibility index (Phi) is 5.19. The van der Waals surface area contributed by atoms with Crippen LogP contribution >= 0.6 is 0 Å². The van der Waals surface area contributed by atoms with E-state index in [4.69, 9.17) is 0 Å². The number of aryl methyl sites for hydroxylation is 1. The molecule has 32 heavy (non-hydrogen) atoms. The second-order valence-corrected chi connectivity index (χ2v) is 8.10. The summed E-state index contributed by atoms with van der Waals surface area (Å²) in [6.07, 6.45) is 1.03. The predicted molar refractivity (Wildman–Crippen MR) is 127 cm³/mol. The van der Waals surface area contributed by atoms with Gasteiger partial charge in [0.05, 0.1) is 11.1 Å². The highest BCUT2D eigenvalue weighted by atomic mass is 16.2. The smallest absolute Gasteiger partial charge is 0.275 e. The Labute approximate surface area is 186 Å². The van der Waals surface area contributed by atoms with Crippen LogP contribution in [-0.2, 0) is 24.3 Å². The number of hydrogen-bond donors (Lipinski definition) is 1. The van der Waals surface area contributed by atoms with Crippen LogP contribution in [0.5, 0.6) is 0 Å². The third kappa shape index (κ3) is 3.75. The van der Waals surface area contributed by atoms with Crippen LogP contribution in [-0.4, -0.2) is 22.2 Å². The third-order valence-electron chi connectivity index (χ3n) is 5.98. The SMILES string of the molecule is Cc1nn(CC(=O)Nc2ccccc2CN2CCc3ccccc32)c(=O)c2ccccc12. The summed E-state index contributed by atoms with van der Waals surface area (Å²) in [4.78, 5) is 28.0. The molecule has 1 aliphatic rings. The minimum Gasteiger partial charge on any atom is -0.367 e. The lowest BCUT2D eigenvalue weighted by molar-refractivity contribution is -0.117. The van der Waals surface area contributed by atoms with Crippen molar-refractivity contribution in [3.63, 3.8) is 0 Å². The number of benzene rings is 3. The number of nitrogens with one attached hydrogen (secondary N) is 1. The van der Waals surface area contributed by atoms with E-state index in [0.717, 1.165) is 35.3 Å². The second-order valence-electron chi connectivity index (χ2n) is 8.10. The maximum atomic E-state index is 12.8. The van der Waals surface area contributed by atoms with Crippen LogP contribution in [0.4, 0.5) is 11.4 Å².